The lowest BCUT2D eigenvalue weighted by molar-refractivity contribution is -0.113. The summed E-state index contributed by atoms with van der Waals surface area (Å²) in [6, 6.07) is 17.5. The van der Waals surface area contributed by atoms with Gasteiger partial charge in [0.25, 0.3) is 0 Å². The molecule has 2 aromatic carbocycles. The highest BCUT2D eigenvalue weighted by Gasteiger charge is 2.23. The van der Waals surface area contributed by atoms with E-state index in [0.29, 0.717) is 22.3 Å². The Bertz CT molecular complexity index is 1360. The molecule has 0 spiro atoms. The Morgan fingerprint density at radius 2 is 1.86 bits per heavy atom. The Hall–Kier alpha value is -3.69. The van der Waals surface area contributed by atoms with Gasteiger partial charge in [0.2, 0.25) is 5.91 Å². The Labute approximate surface area is 211 Å². The number of hydrogen-bond acceptors (Lipinski definition) is 7. The Morgan fingerprint density at radius 1 is 1.11 bits per heavy atom. The van der Waals surface area contributed by atoms with Gasteiger partial charge in [-0.15, -0.1) is 28.1 Å². The molecule has 0 radical (unpaired) electrons. The van der Waals surface area contributed by atoms with Gasteiger partial charge in [0.15, 0.2) is 11.0 Å². The van der Waals surface area contributed by atoms with Gasteiger partial charge >= 0.3 is 5.97 Å². The van der Waals surface area contributed by atoms with Crippen molar-refractivity contribution in [1.82, 2.24) is 14.8 Å². The quantitative estimate of drug-likeness (QED) is 0.179. The zero-order valence-electron chi connectivity index (χ0n) is 19.4. The Balaban J connectivity index is 1.53. The van der Waals surface area contributed by atoms with E-state index in [1.165, 1.54) is 30.2 Å². The third-order valence-corrected chi connectivity index (χ3v) is 7.13. The first kappa shape index (κ1) is 24.4. The molecule has 0 saturated heterocycles. The fraction of sp³-hybridized carbons (Fsp3) is 0.154. The van der Waals surface area contributed by atoms with Crippen LogP contribution in [0.5, 0.6) is 0 Å². The summed E-state index contributed by atoms with van der Waals surface area (Å²) in [6.45, 7) is 6.37. The molecule has 2 heterocycles. The number of aryl methyl sites for hydroxylation is 1. The summed E-state index contributed by atoms with van der Waals surface area (Å²) >= 11 is 2.57. The lowest BCUT2D eigenvalue weighted by Gasteiger charge is -2.10. The number of benzene rings is 2. The monoisotopic (exact) mass is 504 g/mol. The summed E-state index contributed by atoms with van der Waals surface area (Å²) in [7, 11) is 1.33. The van der Waals surface area contributed by atoms with Crippen molar-refractivity contribution in [2.45, 2.75) is 18.6 Å². The molecular formula is C26H24N4O3S2. The van der Waals surface area contributed by atoms with Crippen molar-refractivity contribution in [2.24, 2.45) is 0 Å². The van der Waals surface area contributed by atoms with Crippen LogP contribution >= 0.6 is 23.1 Å². The van der Waals surface area contributed by atoms with Crippen LogP contribution in [0, 0.1) is 6.92 Å². The van der Waals surface area contributed by atoms with E-state index in [1.807, 2.05) is 71.5 Å². The van der Waals surface area contributed by atoms with Gasteiger partial charge in [-0.25, -0.2) is 4.79 Å². The summed E-state index contributed by atoms with van der Waals surface area (Å²) in [5.41, 5.74) is 4.01. The molecule has 2 aromatic heterocycles. The minimum atomic E-state index is -0.498. The lowest BCUT2D eigenvalue weighted by Crippen LogP contribution is -2.16. The van der Waals surface area contributed by atoms with Crippen LogP contribution in [0.4, 0.5) is 5.00 Å². The topological polar surface area (TPSA) is 86.1 Å². The van der Waals surface area contributed by atoms with Crippen molar-refractivity contribution < 1.29 is 14.3 Å². The van der Waals surface area contributed by atoms with Crippen LogP contribution in [0.3, 0.4) is 0 Å². The van der Waals surface area contributed by atoms with Crippen LogP contribution < -0.4 is 5.32 Å². The number of anilines is 1. The first-order chi connectivity index (χ1) is 17.0. The standard InChI is InChI=1S/C26H24N4O3S2/c1-4-14-30-23(19-13-9-8-10-17(19)2)28-29-26(30)35-16-21(31)27-24-22(25(32)33-3)20(15-34-24)18-11-6-5-7-12-18/h4-13,15H,1,14,16H2,2-3H3,(H,27,31). The van der Waals surface area contributed by atoms with E-state index >= 15 is 0 Å². The van der Waals surface area contributed by atoms with Crippen molar-refractivity contribution in [1.29, 1.82) is 0 Å². The van der Waals surface area contributed by atoms with Crippen molar-refractivity contribution in [3.63, 3.8) is 0 Å². The summed E-state index contributed by atoms with van der Waals surface area (Å²) in [6.07, 6.45) is 1.77. The number of carbonyl (C=O) groups is 2. The van der Waals surface area contributed by atoms with Crippen molar-refractivity contribution >= 4 is 40.0 Å². The number of aromatic nitrogens is 3. The SMILES string of the molecule is C=CCn1c(SCC(=O)Nc2scc(-c3ccccc3)c2C(=O)OC)nnc1-c1ccccc1C. The predicted octanol–water partition coefficient (Wildman–Crippen LogP) is 5.69. The molecule has 0 aliphatic rings. The first-order valence-electron chi connectivity index (χ1n) is 10.8. The number of nitrogens with one attached hydrogen (secondary N) is 1. The smallest absolute Gasteiger partial charge is 0.341 e. The maximum absolute atomic E-state index is 12.8. The van der Waals surface area contributed by atoms with Gasteiger partial charge in [-0.3, -0.25) is 9.36 Å². The van der Waals surface area contributed by atoms with Crippen LogP contribution in [0.15, 0.2) is 77.8 Å². The molecule has 1 N–H and O–H groups in total. The molecule has 0 saturated carbocycles. The van der Waals surface area contributed by atoms with E-state index in [9.17, 15) is 9.59 Å². The maximum Gasteiger partial charge on any atom is 0.341 e. The highest BCUT2D eigenvalue weighted by atomic mass is 32.2. The summed E-state index contributed by atoms with van der Waals surface area (Å²) in [5.74, 6) is 0.0703. The van der Waals surface area contributed by atoms with E-state index in [0.717, 1.165) is 28.1 Å². The molecule has 0 fully saturated rings. The number of ether oxygens (including phenoxy) is 1. The van der Waals surface area contributed by atoms with Crippen LogP contribution in [0.25, 0.3) is 22.5 Å². The van der Waals surface area contributed by atoms with E-state index < -0.39 is 5.97 Å². The predicted molar refractivity (Wildman–Crippen MR) is 141 cm³/mol. The fourth-order valence-corrected chi connectivity index (χ4v) is 5.31. The minimum Gasteiger partial charge on any atom is -0.465 e. The van der Waals surface area contributed by atoms with Crippen LogP contribution in [-0.2, 0) is 16.1 Å². The minimum absolute atomic E-state index is 0.0994. The molecule has 0 atom stereocenters. The number of rotatable bonds is 9. The van der Waals surface area contributed by atoms with Gasteiger partial charge in [-0.05, 0) is 18.1 Å². The van der Waals surface area contributed by atoms with Crippen LogP contribution in [-0.4, -0.2) is 39.5 Å². The average Bonchev–Trinajstić information content (AvgIpc) is 3.47. The molecule has 35 heavy (non-hydrogen) atoms. The van der Waals surface area contributed by atoms with E-state index in [1.54, 1.807) is 6.08 Å². The molecule has 4 aromatic rings. The van der Waals surface area contributed by atoms with E-state index in [4.69, 9.17) is 4.74 Å². The number of hydrogen-bond donors (Lipinski definition) is 1. The second kappa shape index (κ2) is 11.2. The molecule has 1 amide bonds. The van der Waals surface area contributed by atoms with Gasteiger partial charge in [-0.2, -0.15) is 0 Å². The third kappa shape index (κ3) is 5.36. The van der Waals surface area contributed by atoms with Crippen molar-refractivity contribution in [3.8, 4) is 22.5 Å². The molecule has 0 bridgehead atoms. The normalized spacial score (nSPS) is 10.7. The lowest BCUT2D eigenvalue weighted by atomic mass is 10.0. The summed E-state index contributed by atoms with van der Waals surface area (Å²) in [5, 5.41) is 14.5. The van der Waals surface area contributed by atoms with E-state index in [2.05, 4.69) is 22.1 Å². The second-order valence-electron chi connectivity index (χ2n) is 7.57. The molecule has 9 heteroatoms. The molecule has 4 rings (SSSR count). The number of methoxy groups -OCH3 is 1. The summed E-state index contributed by atoms with van der Waals surface area (Å²) in [4.78, 5) is 25.4. The van der Waals surface area contributed by atoms with Crippen molar-refractivity contribution in [3.05, 3.63) is 83.8 Å². The highest BCUT2D eigenvalue weighted by Crippen LogP contribution is 2.36. The number of amides is 1. The van der Waals surface area contributed by atoms with Crippen LogP contribution in [0.1, 0.15) is 15.9 Å². The number of carbonyl (C=O) groups excluding carboxylic acids is 2. The largest absolute Gasteiger partial charge is 0.465 e. The zero-order chi connectivity index (χ0) is 24.8. The Morgan fingerprint density at radius 3 is 2.57 bits per heavy atom. The number of thiophene rings is 1. The molecule has 0 aliphatic heterocycles. The Kier molecular flexibility index (Phi) is 7.79. The number of thioether (sulfide) groups is 1. The van der Waals surface area contributed by atoms with E-state index in [-0.39, 0.29) is 11.7 Å². The summed E-state index contributed by atoms with van der Waals surface area (Å²) < 4.78 is 6.92. The molecule has 7 nitrogen and oxygen atoms in total. The molecule has 0 unspecified atom stereocenters. The van der Waals surface area contributed by atoms with Crippen molar-refractivity contribution in [2.75, 3.05) is 18.2 Å². The maximum atomic E-state index is 12.8. The highest BCUT2D eigenvalue weighted by molar-refractivity contribution is 7.99. The van der Waals surface area contributed by atoms with Gasteiger partial charge in [0.05, 0.1) is 12.9 Å². The van der Waals surface area contributed by atoms with Crippen LogP contribution in [0.2, 0.25) is 0 Å². The molecule has 0 aliphatic carbocycles. The third-order valence-electron chi connectivity index (χ3n) is 5.27. The van der Waals surface area contributed by atoms with Gasteiger partial charge in [0.1, 0.15) is 10.6 Å². The number of esters is 1. The first-order valence-corrected chi connectivity index (χ1v) is 12.7. The number of allylic oxidation sites excluding steroid dienone is 1. The van der Waals surface area contributed by atoms with Gasteiger partial charge in [0, 0.05) is 23.1 Å². The number of nitrogens with zero attached hydrogens (tertiary/aromatic N) is 3. The van der Waals surface area contributed by atoms with Gasteiger partial charge < -0.3 is 10.1 Å². The fourth-order valence-electron chi connectivity index (χ4n) is 3.59. The molecule has 178 valence electrons. The van der Waals surface area contributed by atoms with Gasteiger partial charge in [-0.1, -0.05) is 72.4 Å². The second-order valence-corrected chi connectivity index (χ2v) is 9.39. The molecular weight excluding hydrogens is 480 g/mol. The zero-order valence-corrected chi connectivity index (χ0v) is 21.0. The average molecular weight is 505 g/mol.